The summed E-state index contributed by atoms with van der Waals surface area (Å²) in [7, 11) is 0. The van der Waals surface area contributed by atoms with Crippen LogP contribution in [0.5, 0.6) is 0 Å². The van der Waals surface area contributed by atoms with E-state index in [0.29, 0.717) is 17.5 Å². The van der Waals surface area contributed by atoms with E-state index in [2.05, 4.69) is 0 Å². The molecule has 1 N–H and O–H groups in total. The third kappa shape index (κ3) is 15.6. The van der Waals surface area contributed by atoms with Gasteiger partial charge in [-0.2, -0.15) is 0 Å². The van der Waals surface area contributed by atoms with Crippen molar-refractivity contribution in [2.45, 2.75) is 148 Å². The largest absolute Gasteiger partial charge is 0.463 e. The maximum atomic E-state index is 10.8. The molecule has 4 rings (SSSR count). The smallest absolute Gasteiger partial charge is 0.302 e. The van der Waals surface area contributed by atoms with Crippen LogP contribution in [-0.4, -0.2) is 34.9 Å². The van der Waals surface area contributed by atoms with Crippen LogP contribution in [-0.2, 0) is 19.1 Å². The Morgan fingerprint density at radius 2 is 1.19 bits per heavy atom. The van der Waals surface area contributed by atoms with Crippen molar-refractivity contribution in [3.05, 3.63) is 0 Å². The summed E-state index contributed by atoms with van der Waals surface area (Å²) in [4.78, 5) is 31.7. The molecule has 0 bridgehead atoms. The van der Waals surface area contributed by atoms with Gasteiger partial charge in [0.25, 0.3) is 0 Å². The topological polar surface area (TPSA) is 80.7 Å². The molecule has 0 aliphatic heterocycles. The van der Waals surface area contributed by atoms with Crippen molar-refractivity contribution in [1.82, 2.24) is 0 Å². The molecule has 4 aliphatic rings. The van der Waals surface area contributed by atoms with Gasteiger partial charge in [0.2, 0.25) is 0 Å². The normalized spacial score (nSPS) is 24.5. The number of ketones is 2. The predicted molar refractivity (Wildman–Crippen MR) is 128 cm³/mol. The van der Waals surface area contributed by atoms with Gasteiger partial charge in [0.1, 0.15) is 17.7 Å². The first-order chi connectivity index (χ1) is 15.4. The molecule has 4 fully saturated rings. The Kier molecular flexibility index (Phi) is 16.4. The van der Waals surface area contributed by atoms with Gasteiger partial charge in [0.15, 0.2) is 0 Å². The fraction of sp³-hybridized carbons (Fsp3) is 0.889. The average Bonchev–Trinajstić information content (AvgIpc) is 2.79. The number of rotatable bonds is 1. The summed E-state index contributed by atoms with van der Waals surface area (Å²) in [6.07, 6.45) is 21.6. The van der Waals surface area contributed by atoms with Crippen LogP contribution < -0.4 is 0 Å². The summed E-state index contributed by atoms with van der Waals surface area (Å²) in [5.41, 5.74) is 0. The minimum atomic E-state index is -0.132. The first-order valence-electron chi connectivity index (χ1n) is 13.3. The molecule has 0 heterocycles. The zero-order chi connectivity index (χ0) is 23.6. The molecule has 0 aromatic heterocycles. The van der Waals surface area contributed by atoms with Crippen LogP contribution in [0.3, 0.4) is 0 Å². The van der Waals surface area contributed by atoms with E-state index in [0.717, 1.165) is 70.6 Å². The molecular formula is C27H48O5. The lowest BCUT2D eigenvalue weighted by molar-refractivity contribution is -0.147. The zero-order valence-electron chi connectivity index (χ0n) is 20.7. The van der Waals surface area contributed by atoms with Gasteiger partial charge in [-0.05, 0) is 64.2 Å². The summed E-state index contributed by atoms with van der Waals surface area (Å²) >= 11 is 0. The van der Waals surface area contributed by atoms with E-state index in [9.17, 15) is 14.4 Å². The Morgan fingerprint density at radius 1 is 0.719 bits per heavy atom. The highest BCUT2D eigenvalue weighted by molar-refractivity contribution is 5.81. The van der Waals surface area contributed by atoms with Gasteiger partial charge < -0.3 is 9.84 Å². The van der Waals surface area contributed by atoms with E-state index in [1.165, 1.54) is 58.3 Å². The van der Waals surface area contributed by atoms with E-state index in [-0.39, 0.29) is 18.2 Å². The second-order valence-electron chi connectivity index (χ2n) is 9.87. The number of hydrogen-bond donors (Lipinski definition) is 1. The molecule has 4 saturated carbocycles. The lowest BCUT2D eigenvalue weighted by atomic mass is 9.90. The predicted octanol–water partition coefficient (Wildman–Crippen LogP) is 6.48. The summed E-state index contributed by atoms with van der Waals surface area (Å²) < 4.78 is 5.05. The molecule has 32 heavy (non-hydrogen) atoms. The van der Waals surface area contributed by atoms with Gasteiger partial charge in [0, 0.05) is 32.1 Å². The van der Waals surface area contributed by atoms with Crippen LogP contribution in [0.15, 0.2) is 0 Å². The zero-order valence-corrected chi connectivity index (χ0v) is 20.7. The number of hydrogen-bond acceptors (Lipinski definition) is 5. The van der Waals surface area contributed by atoms with Crippen molar-refractivity contribution in [2.24, 2.45) is 5.92 Å². The second kappa shape index (κ2) is 18.2. The number of aliphatic hydroxyl groups is 1. The van der Waals surface area contributed by atoms with E-state index in [4.69, 9.17) is 9.84 Å². The monoisotopic (exact) mass is 452 g/mol. The Hall–Kier alpha value is -1.23. The summed E-state index contributed by atoms with van der Waals surface area (Å²) in [6.45, 7) is 3.51. The van der Waals surface area contributed by atoms with E-state index < -0.39 is 0 Å². The third-order valence-electron chi connectivity index (χ3n) is 6.73. The Balaban J connectivity index is 0.000000216. The van der Waals surface area contributed by atoms with Crippen LogP contribution >= 0.6 is 0 Å². The first kappa shape index (κ1) is 28.8. The van der Waals surface area contributed by atoms with Crippen molar-refractivity contribution in [1.29, 1.82) is 0 Å². The fourth-order valence-corrected chi connectivity index (χ4v) is 4.60. The highest BCUT2D eigenvalue weighted by Crippen LogP contribution is 2.20. The van der Waals surface area contributed by atoms with E-state index >= 15 is 0 Å². The molecule has 186 valence electrons. The number of carbonyl (C=O) groups is 3. The fourth-order valence-electron chi connectivity index (χ4n) is 4.60. The van der Waals surface area contributed by atoms with Gasteiger partial charge >= 0.3 is 5.97 Å². The van der Waals surface area contributed by atoms with Gasteiger partial charge in [-0.1, -0.05) is 45.4 Å². The van der Waals surface area contributed by atoms with Crippen LogP contribution in [0.4, 0.5) is 0 Å². The molecule has 1 unspecified atom stereocenters. The van der Waals surface area contributed by atoms with Crippen LogP contribution in [0, 0.1) is 5.92 Å². The lowest BCUT2D eigenvalue weighted by Gasteiger charge is -2.20. The summed E-state index contributed by atoms with van der Waals surface area (Å²) in [5.74, 6) is 1.16. The third-order valence-corrected chi connectivity index (χ3v) is 6.73. The van der Waals surface area contributed by atoms with Gasteiger partial charge in [-0.25, -0.2) is 0 Å². The lowest BCUT2D eigenvalue weighted by Crippen LogP contribution is -2.18. The molecule has 0 radical (unpaired) electrons. The average molecular weight is 453 g/mol. The van der Waals surface area contributed by atoms with Crippen molar-refractivity contribution < 1.29 is 24.2 Å². The molecule has 0 amide bonds. The molecule has 1 atom stereocenters. The highest BCUT2D eigenvalue weighted by atomic mass is 16.5. The second-order valence-corrected chi connectivity index (χ2v) is 9.87. The van der Waals surface area contributed by atoms with Gasteiger partial charge in [-0.15, -0.1) is 0 Å². The summed E-state index contributed by atoms with van der Waals surface area (Å²) in [6, 6.07) is 0. The van der Waals surface area contributed by atoms with Crippen molar-refractivity contribution in [2.75, 3.05) is 0 Å². The number of aliphatic hydroxyl groups excluding tert-OH is 1. The van der Waals surface area contributed by atoms with E-state index in [1.807, 2.05) is 6.92 Å². The van der Waals surface area contributed by atoms with Crippen molar-refractivity contribution in [3.63, 3.8) is 0 Å². The van der Waals surface area contributed by atoms with Crippen molar-refractivity contribution in [3.8, 4) is 0 Å². The standard InChI is InChI=1S/C8H14O2.C7H12O.C6H12O.C6H10O/c1-7(9)10-8-5-3-2-4-6-8;1-6-4-2-3-5-7(6)8;2*7-6-4-2-1-3-5-6/h8H,2-6H2,1H3;6H,2-5H2,1H3;6-7H,1-5H2;1-5H2. The van der Waals surface area contributed by atoms with Gasteiger partial charge in [0.05, 0.1) is 6.10 Å². The Bertz CT molecular complexity index is 510. The minimum absolute atomic E-state index is 0.0359. The molecule has 5 heteroatoms. The number of esters is 1. The van der Waals surface area contributed by atoms with Crippen LogP contribution in [0.2, 0.25) is 0 Å². The quantitative estimate of drug-likeness (QED) is 0.461. The van der Waals surface area contributed by atoms with Gasteiger partial charge in [-0.3, -0.25) is 14.4 Å². The minimum Gasteiger partial charge on any atom is -0.463 e. The van der Waals surface area contributed by atoms with Crippen molar-refractivity contribution >= 4 is 17.5 Å². The molecule has 5 nitrogen and oxygen atoms in total. The molecular weight excluding hydrogens is 404 g/mol. The SMILES string of the molecule is CC(=O)OC1CCCCC1.CC1CCCCC1=O.O=C1CCCCC1.OC1CCCCC1. The maximum absolute atomic E-state index is 10.8. The molecule has 0 aromatic rings. The summed E-state index contributed by atoms with van der Waals surface area (Å²) in [5, 5.41) is 8.91. The number of carbonyl (C=O) groups excluding carboxylic acids is 3. The Morgan fingerprint density at radius 3 is 1.53 bits per heavy atom. The molecule has 4 aliphatic carbocycles. The number of Topliss-reactive ketones (excluding diaryl/α,β-unsaturated/α-hetero) is 2. The van der Waals surface area contributed by atoms with Crippen LogP contribution in [0.1, 0.15) is 136 Å². The molecule has 0 saturated heterocycles. The Labute approximate surface area is 196 Å². The molecule has 0 aromatic carbocycles. The van der Waals surface area contributed by atoms with E-state index in [1.54, 1.807) is 0 Å². The molecule has 0 spiro atoms. The highest BCUT2D eigenvalue weighted by Gasteiger charge is 2.16. The first-order valence-corrected chi connectivity index (χ1v) is 13.3. The van der Waals surface area contributed by atoms with Crippen LogP contribution in [0.25, 0.3) is 0 Å². The maximum Gasteiger partial charge on any atom is 0.302 e. The number of ether oxygens (including phenoxy) is 1.